The molecule has 31 heavy (non-hydrogen) atoms. The summed E-state index contributed by atoms with van der Waals surface area (Å²) in [4.78, 5) is 31.8. The molecular formula is C24H28FN3O3. The molecule has 0 radical (unpaired) electrons. The van der Waals surface area contributed by atoms with E-state index in [4.69, 9.17) is 4.74 Å². The van der Waals surface area contributed by atoms with Crippen LogP contribution in [-0.4, -0.2) is 60.1 Å². The van der Waals surface area contributed by atoms with Gasteiger partial charge in [0.05, 0.1) is 0 Å². The van der Waals surface area contributed by atoms with E-state index in [1.807, 2.05) is 42.2 Å². The van der Waals surface area contributed by atoms with Crippen LogP contribution < -0.4 is 4.90 Å². The number of carbonyl (C=O) groups excluding carboxylic acids is 2. The first kappa shape index (κ1) is 21.2. The molecule has 0 N–H and O–H groups in total. The SMILES string of the molecule is CC1(C(=O)N2CCN(c3ccc(F)cc3)CC2)CCCN1C(=O)OCc1ccccc1. The molecule has 0 saturated carbocycles. The number of piperazine rings is 1. The number of amides is 2. The Labute approximate surface area is 182 Å². The van der Waals surface area contributed by atoms with Gasteiger partial charge >= 0.3 is 6.09 Å². The molecule has 2 aliphatic heterocycles. The molecular weight excluding hydrogens is 397 g/mol. The van der Waals surface area contributed by atoms with E-state index in [2.05, 4.69) is 4.90 Å². The third-order valence-electron chi connectivity index (χ3n) is 6.29. The van der Waals surface area contributed by atoms with Crippen LogP contribution in [0.4, 0.5) is 14.9 Å². The van der Waals surface area contributed by atoms with Crippen molar-refractivity contribution in [3.05, 3.63) is 66.0 Å². The van der Waals surface area contributed by atoms with Crippen molar-refractivity contribution in [2.75, 3.05) is 37.6 Å². The third kappa shape index (κ3) is 4.50. The second-order valence-corrected chi connectivity index (χ2v) is 8.32. The van der Waals surface area contributed by atoms with Crippen molar-refractivity contribution >= 4 is 17.7 Å². The molecule has 0 bridgehead atoms. The van der Waals surface area contributed by atoms with Gasteiger partial charge in [0.15, 0.2) is 0 Å². The van der Waals surface area contributed by atoms with Crippen molar-refractivity contribution in [1.29, 1.82) is 0 Å². The zero-order chi connectivity index (χ0) is 21.8. The maximum atomic E-state index is 13.4. The smallest absolute Gasteiger partial charge is 0.410 e. The molecule has 0 spiro atoms. The quantitative estimate of drug-likeness (QED) is 0.750. The molecule has 0 aromatic heterocycles. The molecule has 2 fully saturated rings. The van der Waals surface area contributed by atoms with Crippen LogP contribution in [0.1, 0.15) is 25.3 Å². The summed E-state index contributed by atoms with van der Waals surface area (Å²) in [6.45, 7) is 5.04. The van der Waals surface area contributed by atoms with Crippen molar-refractivity contribution in [2.45, 2.75) is 31.9 Å². The fraction of sp³-hybridized carbons (Fsp3) is 0.417. The Balaban J connectivity index is 1.36. The first-order valence-corrected chi connectivity index (χ1v) is 10.8. The Hall–Kier alpha value is -3.09. The molecule has 6 nitrogen and oxygen atoms in total. The summed E-state index contributed by atoms with van der Waals surface area (Å²) in [5, 5.41) is 0. The molecule has 0 aliphatic carbocycles. The summed E-state index contributed by atoms with van der Waals surface area (Å²) in [7, 11) is 0. The van der Waals surface area contributed by atoms with E-state index >= 15 is 0 Å². The fourth-order valence-corrected chi connectivity index (χ4v) is 4.44. The van der Waals surface area contributed by atoms with Crippen molar-refractivity contribution in [2.24, 2.45) is 0 Å². The lowest BCUT2D eigenvalue weighted by Gasteiger charge is -2.41. The van der Waals surface area contributed by atoms with Gasteiger partial charge in [-0.15, -0.1) is 0 Å². The molecule has 164 valence electrons. The van der Waals surface area contributed by atoms with E-state index in [1.54, 1.807) is 17.0 Å². The summed E-state index contributed by atoms with van der Waals surface area (Å²) in [6, 6.07) is 15.9. The monoisotopic (exact) mass is 425 g/mol. The molecule has 2 saturated heterocycles. The Kier molecular flexibility index (Phi) is 6.11. The van der Waals surface area contributed by atoms with Crippen LogP contribution in [0, 0.1) is 5.82 Å². The zero-order valence-corrected chi connectivity index (χ0v) is 17.8. The van der Waals surface area contributed by atoms with Crippen LogP contribution in [0.25, 0.3) is 0 Å². The number of ether oxygens (including phenoxy) is 1. The number of carbonyl (C=O) groups is 2. The average molecular weight is 426 g/mol. The number of anilines is 1. The van der Waals surface area contributed by atoms with Crippen LogP contribution in [0.3, 0.4) is 0 Å². The van der Waals surface area contributed by atoms with E-state index in [0.29, 0.717) is 39.1 Å². The van der Waals surface area contributed by atoms with Gasteiger partial charge in [-0.05, 0) is 49.6 Å². The van der Waals surface area contributed by atoms with Crippen LogP contribution in [0.15, 0.2) is 54.6 Å². The highest BCUT2D eigenvalue weighted by Crippen LogP contribution is 2.32. The number of nitrogens with zero attached hydrogens (tertiary/aromatic N) is 3. The number of likely N-dealkylation sites (tertiary alicyclic amines) is 1. The molecule has 2 amide bonds. The highest BCUT2D eigenvalue weighted by Gasteiger charge is 2.48. The molecule has 1 unspecified atom stereocenters. The minimum Gasteiger partial charge on any atom is -0.445 e. The highest BCUT2D eigenvalue weighted by atomic mass is 19.1. The average Bonchev–Trinajstić information content (AvgIpc) is 3.21. The second-order valence-electron chi connectivity index (χ2n) is 8.32. The van der Waals surface area contributed by atoms with Gasteiger partial charge in [0, 0.05) is 38.4 Å². The Morgan fingerprint density at radius 2 is 1.65 bits per heavy atom. The summed E-state index contributed by atoms with van der Waals surface area (Å²) < 4.78 is 18.7. The number of halogens is 1. The van der Waals surface area contributed by atoms with E-state index in [9.17, 15) is 14.0 Å². The van der Waals surface area contributed by atoms with Crippen molar-refractivity contribution in [3.8, 4) is 0 Å². The summed E-state index contributed by atoms with van der Waals surface area (Å²) in [5.74, 6) is -0.286. The fourth-order valence-electron chi connectivity index (χ4n) is 4.44. The van der Waals surface area contributed by atoms with Gasteiger partial charge in [0.2, 0.25) is 5.91 Å². The summed E-state index contributed by atoms with van der Waals surface area (Å²) in [6.07, 6.45) is 0.963. The molecule has 7 heteroatoms. The molecule has 2 aromatic rings. The van der Waals surface area contributed by atoms with E-state index < -0.39 is 11.6 Å². The lowest BCUT2D eigenvalue weighted by molar-refractivity contribution is -0.141. The minimum absolute atomic E-state index is 0.0274. The summed E-state index contributed by atoms with van der Waals surface area (Å²) >= 11 is 0. The molecule has 2 aliphatic rings. The van der Waals surface area contributed by atoms with Crippen LogP contribution in [0.5, 0.6) is 0 Å². The molecule has 2 heterocycles. The molecule has 2 aromatic carbocycles. The third-order valence-corrected chi connectivity index (χ3v) is 6.29. The lowest BCUT2D eigenvalue weighted by atomic mass is 9.96. The summed E-state index contributed by atoms with van der Waals surface area (Å²) in [5.41, 5.74) is 0.984. The first-order chi connectivity index (χ1) is 15.0. The standard InChI is InChI=1S/C24H28FN3O3/c1-24(12-5-13-28(24)23(30)31-18-19-6-3-2-4-7-19)22(29)27-16-14-26(15-17-27)21-10-8-20(25)9-11-21/h2-4,6-11H,5,12-18H2,1H3. The van der Waals surface area contributed by atoms with Crippen LogP contribution in [-0.2, 0) is 16.1 Å². The predicted octanol–water partition coefficient (Wildman–Crippen LogP) is 3.67. The topological polar surface area (TPSA) is 53.1 Å². The highest BCUT2D eigenvalue weighted by molar-refractivity contribution is 5.90. The number of rotatable bonds is 4. The van der Waals surface area contributed by atoms with Gasteiger partial charge in [-0.2, -0.15) is 0 Å². The van der Waals surface area contributed by atoms with E-state index in [-0.39, 0.29) is 18.3 Å². The van der Waals surface area contributed by atoms with E-state index in [0.717, 1.165) is 17.7 Å². The largest absolute Gasteiger partial charge is 0.445 e. The number of hydrogen-bond donors (Lipinski definition) is 0. The minimum atomic E-state index is -0.883. The zero-order valence-electron chi connectivity index (χ0n) is 17.8. The second kappa shape index (κ2) is 8.96. The van der Waals surface area contributed by atoms with Gasteiger partial charge in [0.25, 0.3) is 0 Å². The maximum Gasteiger partial charge on any atom is 0.410 e. The Bertz CT molecular complexity index is 913. The van der Waals surface area contributed by atoms with Gasteiger partial charge in [-0.25, -0.2) is 9.18 Å². The number of hydrogen-bond acceptors (Lipinski definition) is 4. The lowest BCUT2D eigenvalue weighted by Crippen LogP contribution is -2.60. The Morgan fingerprint density at radius 3 is 2.32 bits per heavy atom. The number of benzene rings is 2. The van der Waals surface area contributed by atoms with Gasteiger partial charge in [-0.3, -0.25) is 9.69 Å². The van der Waals surface area contributed by atoms with Crippen molar-refractivity contribution in [1.82, 2.24) is 9.80 Å². The van der Waals surface area contributed by atoms with Gasteiger partial charge < -0.3 is 14.5 Å². The van der Waals surface area contributed by atoms with Gasteiger partial charge in [0.1, 0.15) is 18.0 Å². The van der Waals surface area contributed by atoms with E-state index in [1.165, 1.54) is 12.1 Å². The molecule has 1 atom stereocenters. The Morgan fingerprint density at radius 1 is 0.968 bits per heavy atom. The predicted molar refractivity (Wildman–Crippen MR) is 116 cm³/mol. The van der Waals surface area contributed by atoms with Crippen LogP contribution >= 0.6 is 0 Å². The normalized spacial score (nSPS) is 21.3. The first-order valence-electron chi connectivity index (χ1n) is 10.8. The van der Waals surface area contributed by atoms with Gasteiger partial charge in [-0.1, -0.05) is 30.3 Å². The van der Waals surface area contributed by atoms with Crippen molar-refractivity contribution < 1.29 is 18.7 Å². The molecule has 4 rings (SSSR count). The maximum absolute atomic E-state index is 13.4. The van der Waals surface area contributed by atoms with Crippen LogP contribution in [0.2, 0.25) is 0 Å². The van der Waals surface area contributed by atoms with Crippen molar-refractivity contribution in [3.63, 3.8) is 0 Å².